The van der Waals surface area contributed by atoms with E-state index in [2.05, 4.69) is 14.8 Å². The lowest BCUT2D eigenvalue weighted by Crippen LogP contribution is -2.63. The number of pyridine rings is 1. The summed E-state index contributed by atoms with van der Waals surface area (Å²) in [5, 5.41) is 22.9. The van der Waals surface area contributed by atoms with Crippen molar-refractivity contribution in [2.75, 3.05) is 38.1 Å². The van der Waals surface area contributed by atoms with E-state index in [1.807, 2.05) is 33.9 Å². The van der Waals surface area contributed by atoms with E-state index in [1.165, 1.54) is 12.1 Å². The molecule has 2 atom stereocenters. The summed E-state index contributed by atoms with van der Waals surface area (Å²) in [7, 11) is 1.99. The van der Waals surface area contributed by atoms with E-state index in [9.17, 15) is 23.4 Å². The van der Waals surface area contributed by atoms with Crippen LogP contribution in [0.4, 0.5) is 18.9 Å². The molecule has 2 N–H and O–H groups in total. The number of halogens is 3. The number of aliphatic hydroxyl groups is 2. The molecule has 0 bridgehead atoms. The largest absolute Gasteiger partial charge is 0.398 e. The van der Waals surface area contributed by atoms with Gasteiger partial charge in [-0.25, -0.2) is 0 Å². The van der Waals surface area contributed by atoms with Gasteiger partial charge in [0.25, 0.3) is 0 Å². The maximum Gasteiger partial charge on any atom is 0.398 e. The molecule has 1 aromatic heterocycles. The van der Waals surface area contributed by atoms with Crippen LogP contribution in [-0.2, 0) is 11.0 Å². The molecular weight excluding hydrogens is 467 g/mol. The van der Waals surface area contributed by atoms with Crippen LogP contribution < -0.4 is 4.90 Å². The Morgan fingerprint density at radius 3 is 2.14 bits per heavy atom. The number of hydrogen-bond donors (Lipinski definition) is 2. The molecule has 2 aromatic rings. The highest BCUT2D eigenvalue weighted by molar-refractivity contribution is 5.52. The van der Waals surface area contributed by atoms with Gasteiger partial charge in [0.15, 0.2) is 0 Å². The molecule has 3 aliphatic rings. The van der Waals surface area contributed by atoms with Crippen LogP contribution in [0, 0.1) is 11.3 Å². The van der Waals surface area contributed by atoms with Gasteiger partial charge >= 0.3 is 6.18 Å². The van der Waals surface area contributed by atoms with Crippen LogP contribution in [0.25, 0.3) is 0 Å². The van der Waals surface area contributed by atoms with Crippen molar-refractivity contribution < 1.29 is 23.4 Å². The predicted molar refractivity (Wildman–Crippen MR) is 133 cm³/mol. The number of alkyl halides is 3. The normalized spacial score (nSPS) is 25.4. The first kappa shape index (κ1) is 25.5. The molecular formula is C28H36F3N3O2. The summed E-state index contributed by atoms with van der Waals surface area (Å²) < 4.78 is 41.1. The van der Waals surface area contributed by atoms with Gasteiger partial charge in [0.1, 0.15) is 5.60 Å². The summed E-state index contributed by atoms with van der Waals surface area (Å²) in [5.41, 5.74) is -2.14. The second kappa shape index (κ2) is 8.17. The SMILES string of the molecule is CN1CC(C)(C(O)(c2ccc(C3(C(F)(F)F)CC3)cc2)c2cncc(N3CCC(C(C)(C)O)C3)c2)C1. The molecule has 2 aliphatic heterocycles. The minimum atomic E-state index is -4.28. The first-order valence-corrected chi connectivity index (χ1v) is 12.7. The van der Waals surface area contributed by atoms with E-state index in [1.54, 1.807) is 24.5 Å². The van der Waals surface area contributed by atoms with Crippen LogP contribution in [0.5, 0.6) is 0 Å². The number of rotatable bonds is 6. The number of aromatic nitrogens is 1. The molecule has 36 heavy (non-hydrogen) atoms. The smallest absolute Gasteiger partial charge is 0.390 e. The third-order valence-corrected chi connectivity index (χ3v) is 8.95. The van der Waals surface area contributed by atoms with Crippen molar-refractivity contribution in [3.8, 4) is 0 Å². The van der Waals surface area contributed by atoms with Crippen molar-refractivity contribution in [3.63, 3.8) is 0 Å². The number of likely N-dealkylation sites (tertiary alicyclic amines) is 1. The molecule has 0 spiro atoms. The highest BCUT2D eigenvalue weighted by Crippen LogP contribution is 2.59. The molecule has 1 aliphatic carbocycles. The van der Waals surface area contributed by atoms with Crippen molar-refractivity contribution in [2.24, 2.45) is 11.3 Å². The average Bonchev–Trinajstić information content (AvgIpc) is 3.47. The number of benzene rings is 1. The minimum absolute atomic E-state index is 0.107. The molecule has 2 saturated heterocycles. The standard InChI is InChI=1S/C28H36F3N3O2/c1-24(2,35)21-9-12-34(16-21)23-13-22(14-32-15-23)27(36,25(3)17-33(4)18-25)20-7-5-19(6-8-20)26(10-11-26)28(29,30)31/h5-8,13-15,21,35-36H,9-12,16-18H2,1-4H3. The van der Waals surface area contributed by atoms with Crippen molar-refractivity contribution >= 4 is 5.69 Å². The molecule has 5 rings (SSSR count). The molecule has 0 radical (unpaired) electrons. The van der Waals surface area contributed by atoms with Gasteiger partial charge in [0, 0.05) is 49.3 Å². The van der Waals surface area contributed by atoms with Crippen LogP contribution >= 0.6 is 0 Å². The molecule has 0 amide bonds. The lowest BCUT2D eigenvalue weighted by atomic mass is 9.62. The zero-order valence-electron chi connectivity index (χ0n) is 21.4. The van der Waals surface area contributed by atoms with E-state index in [-0.39, 0.29) is 24.3 Å². The van der Waals surface area contributed by atoms with E-state index >= 15 is 0 Å². The van der Waals surface area contributed by atoms with Crippen LogP contribution in [0.15, 0.2) is 42.7 Å². The summed E-state index contributed by atoms with van der Waals surface area (Å²) in [5.74, 6) is 0.133. The van der Waals surface area contributed by atoms with Crippen LogP contribution in [0.1, 0.15) is 56.7 Å². The summed E-state index contributed by atoms with van der Waals surface area (Å²) >= 11 is 0. The Hall–Kier alpha value is -2.16. The summed E-state index contributed by atoms with van der Waals surface area (Å²) in [4.78, 5) is 8.77. The van der Waals surface area contributed by atoms with Crippen molar-refractivity contribution in [1.82, 2.24) is 9.88 Å². The van der Waals surface area contributed by atoms with Gasteiger partial charge in [-0.3, -0.25) is 4.98 Å². The van der Waals surface area contributed by atoms with Gasteiger partial charge in [0.05, 0.1) is 22.9 Å². The van der Waals surface area contributed by atoms with E-state index < -0.39 is 28.2 Å². The summed E-state index contributed by atoms with van der Waals surface area (Å²) in [6.07, 6.45) is 0.245. The molecule has 196 valence electrons. The fourth-order valence-corrected chi connectivity index (χ4v) is 6.50. The maximum absolute atomic E-state index is 13.7. The molecule has 5 nitrogen and oxygen atoms in total. The maximum atomic E-state index is 13.7. The molecule has 1 saturated carbocycles. The Balaban J connectivity index is 1.51. The predicted octanol–water partition coefficient (Wildman–Crippen LogP) is 4.46. The Labute approximate surface area is 210 Å². The van der Waals surface area contributed by atoms with Gasteiger partial charge in [-0.2, -0.15) is 13.2 Å². The Kier molecular flexibility index (Phi) is 5.78. The zero-order valence-corrected chi connectivity index (χ0v) is 21.4. The van der Waals surface area contributed by atoms with Gasteiger partial charge in [-0.1, -0.05) is 31.2 Å². The summed E-state index contributed by atoms with van der Waals surface area (Å²) in [6, 6.07) is 8.36. The number of anilines is 1. The highest BCUT2D eigenvalue weighted by atomic mass is 19.4. The monoisotopic (exact) mass is 503 g/mol. The van der Waals surface area contributed by atoms with Crippen molar-refractivity contribution in [1.29, 1.82) is 0 Å². The van der Waals surface area contributed by atoms with Crippen molar-refractivity contribution in [2.45, 2.75) is 62.8 Å². The quantitative estimate of drug-likeness (QED) is 0.610. The molecule has 2 unspecified atom stereocenters. The Morgan fingerprint density at radius 2 is 1.64 bits per heavy atom. The second-order valence-corrected chi connectivity index (χ2v) is 12.1. The third kappa shape index (κ3) is 3.92. The van der Waals surface area contributed by atoms with E-state index in [4.69, 9.17) is 0 Å². The summed E-state index contributed by atoms with van der Waals surface area (Å²) in [6.45, 7) is 8.45. The minimum Gasteiger partial charge on any atom is -0.390 e. The number of hydrogen-bond acceptors (Lipinski definition) is 5. The lowest BCUT2D eigenvalue weighted by molar-refractivity contribution is -0.160. The van der Waals surface area contributed by atoms with Crippen molar-refractivity contribution in [3.05, 3.63) is 59.4 Å². The fraction of sp³-hybridized carbons (Fsp3) is 0.607. The lowest BCUT2D eigenvalue weighted by Gasteiger charge is -2.56. The fourth-order valence-electron chi connectivity index (χ4n) is 6.50. The molecule has 3 heterocycles. The zero-order chi connectivity index (χ0) is 26.1. The van der Waals surface area contributed by atoms with Gasteiger partial charge in [-0.05, 0) is 57.4 Å². The third-order valence-electron chi connectivity index (χ3n) is 8.95. The second-order valence-electron chi connectivity index (χ2n) is 12.1. The average molecular weight is 504 g/mol. The molecule has 3 fully saturated rings. The van der Waals surface area contributed by atoms with E-state index in [0.29, 0.717) is 30.8 Å². The highest BCUT2D eigenvalue weighted by Gasteiger charge is 2.64. The van der Waals surface area contributed by atoms with Gasteiger partial charge in [-0.15, -0.1) is 0 Å². The Morgan fingerprint density at radius 1 is 1.00 bits per heavy atom. The van der Waals surface area contributed by atoms with E-state index in [0.717, 1.165) is 18.7 Å². The van der Waals surface area contributed by atoms with Gasteiger partial charge < -0.3 is 20.0 Å². The van der Waals surface area contributed by atoms with Crippen LogP contribution in [0.3, 0.4) is 0 Å². The number of nitrogens with zero attached hydrogens (tertiary/aromatic N) is 3. The first-order chi connectivity index (χ1) is 16.7. The first-order valence-electron chi connectivity index (χ1n) is 12.7. The topological polar surface area (TPSA) is 59.8 Å². The van der Waals surface area contributed by atoms with Gasteiger partial charge in [0.2, 0.25) is 0 Å². The molecule has 8 heteroatoms. The van der Waals surface area contributed by atoms with Crippen LogP contribution in [-0.4, -0.2) is 65.1 Å². The molecule has 1 aromatic carbocycles. The Bertz CT molecular complexity index is 1120. The van der Waals surface area contributed by atoms with Crippen LogP contribution in [0.2, 0.25) is 0 Å².